The fourth-order valence-corrected chi connectivity index (χ4v) is 2.14. The molecule has 1 atom stereocenters. The van der Waals surface area contributed by atoms with Crippen LogP contribution in [0.5, 0.6) is 5.88 Å². The van der Waals surface area contributed by atoms with Crippen LogP contribution >= 0.6 is 0 Å². The number of ether oxygens (including phenoxy) is 2. The lowest BCUT2D eigenvalue weighted by molar-refractivity contribution is 0.0209. The Bertz CT molecular complexity index is 446. The first-order valence-corrected chi connectivity index (χ1v) is 7.05. The number of anilines is 1. The summed E-state index contributed by atoms with van der Waals surface area (Å²) in [6.07, 6.45) is 1.56. The van der Waals surface area contributed by atoms with Crippen LogP contribution in [0.25, 0.3) is 0 Å². The molecule has 1 aromatic rings. The van der Waals surface area contributed by atoms with Gasteiger partial charge in [0.25, 0.3) is 0 Å². The number of nitrogens with one attached hydrogen (secondary N) is 2. The highest BCUT2D eigenvalue weighted by Crippen LogP contribution is 2.10. The van der Waals surface area contributed by atoms with E-state index in [-0.39, 0.29) is 12.1 Å². The second-order valence-electron chi connectivity index (χ2n) is 4.92. The molecule has 2 N–H and O–H groups in total. The standard InChI is InChI=1S/C14H22N4O3/c1-11(18-5-7-21-8-6-18)9-16-14(19)17-12-3-4-13(20-2)15-10-12/h3-4,10-11H,5-9H2,1-2H3,(H2,16,17,19)/t11-/m0/s1. The van der Waals surface area contributed by atoms with Crippen LogP contribution in [-0.2, 0) is 4.74 Å². The van der Waals surface area contributed by atoms with E-state index in [4.69, 9.17) is 9.47 Å². The number of rotatable bonds is 5. The van der Waals surface area contributed by atoms with Crippen LogP contribution < -0.4 is 15.4 Å². The van der Waals surface area contributed by atoms with E-state index in [1.165, 1.54) is 0 Å². The van der Waals surface area contributed by atoms with Gasteiger partial charge < -0.3 is 20.1 Å². The first kappa shape index (κ1) is 15.5. The molecule has 0 radical (unpaired) electrons. The fraction of sp³-hybridized carbons (Fsp3) is 0.571. The summed E-state index contributed by atoms with van der Waals surface area (Å²) in [6, 6.07) is 3.50. The van der Waals surface area contributed by atoms with Crippen LogP contribution in [-0.4, -0.2) is 61.9 Å². The smallest absolute Gasteiger partial charge is 0.319 e. The molecule has 1 aromatic heterocycles. The number of nitrogens with zero attached hydrogens (tertiary/aromatic N) is 2. The van der Waals surface area contributed by atoms with Crippen molar-refractivity contribution < 1.29 is 14.3 Å². The number of pyridine rings is 1. The summed E-state index contributed by atoms with van der Waals surface area (Å²) in [7, 11) is 1.55. The third-order valence-electron chi connectivity index (χ3n) is 3.43. The second kappa shape index (κ2) is 7.80. The van der Waals surface area contributed by atoms with Gasteiger partial charge in [-0.2, -0.15) is 0 Å². The Morgan fingerprint density at radius 3 is 2.86 bits per heavy atom. The molecule has 0 bridgehead atoms. The van der Waals surface area contributed by atoms with Gasteiger partial charge >= 0.3 is 6.03 Å². The molecule has 7 nitrogen and oxygen atoms in total. The molecule has 0 spiro atoms. The number of aromatic nitrogens is 1. The zero-order valence-electron chi connectivity index (χ0n) is 12.5. The van der Waals surface area contributed by atoms with Gasteiger partial charge in [0.2, 0.25) is 5.88 Å². The quantitative estimate of drug-likeness (QED) is 0.845. The molecule has 2 amide bonds. The first-order valence-electron chi connectivity index (χ1n) is 7.05. The number of amides is 2. The van der Waals surface area contributed by atoms with Crippen molar-refractivity contribution in [1.82, 2.24) is 15.2 Å². The molecule has 1 aliphatic rings. The van der Waals surface area contributed by atoms with Crippen molar-refractivity contribution >= 4 is 11.7 Å². The SMILES string of the molecule is COc1ccc(NC(=O)NC[C@H](C)N2CCOCC2)cn1. The molecule has 1 fully saturated rings. The lowest BCUT2D eigenvalue weighted by Gasteiger charge is -2.32. The van der Waals surface area contributed by atoms with E-state index in [2.05, 4.69) is 27.4 Å². The van der Waals surface area contributed by atoms with E-state index in [1.54, 1.807) is 25.4 Å². The topological polar surface area (TPSA) is 75.7 Å². The van der Waals surface area contributed by atoms with E-state index in [0.717, 1.165) is 26.3 Å². The van der Waals surface area contributed by atoms with Gasteiger partial charge in [0.05, 0.1) is 32.2 Å². The molecular weight excluding hydrogens is 272 g/mol. The Hall–Kier alpha value is -1.86. The molecule has 2 heterocycles. The zero-order chi connectivity index (χ0) is 15.1. The molecule has 0 aromatic carbocycles. The average Bonchev–Trinajstić information content (AvgIpc) is 2.54. The van der Waals surface area contributed by atoms with Gasteiger partial charge in [0.15, 0.2) is 0 Å². The second-order valence-corrected chi connectivity index (χ2v) is 4.92. The zero-order valence-corrected chi connectivity index (χ0v) is 12.5. The average molecular weight is 294 g/mol. The van der Waals surface area contributed by atoms with Crippen molar-refractivity contribution in [2.75, 3.05) is 45.3 Å². The van der Waals surface area contributed by atoms with Crippen molar-refractivity contribution in [3.8, 4) is 5.88 Å². The lowest BCUT2D eigenvalue weighted by atomic mass is 10.2. The van der Waals surface area contributed by atoms with Crippen LogP contribution in [0.1, 0.15) is 6.92 Å². The number of hydrogen-bond acceptors (Lipinski definition) is 5. The summed E-state index contributed by atoms with van der Waals surface area (Å²) in [6.45, 7) is 6.03. The Balaban J connectivity index is 1.73. The molecule has 1 aliphatic heterocycles. The predicted octanol–water partition coefficient (Wildman–Crippen LogP) is 0.932. The van der Waals surface area contributed by atoms with E-state index in [9.17, 15) is 4.79 Å². The maximum atomic E-state index is 11.8. The van der Waals surface area contributed by atoms with Gasteiger partial charge in [-0.15, -0.1) is 0 Å². The van der Waals surface area contributed by atoms with Crippen LogP contribution in [0, 0.1) is 0 Å². The molecule has 7 heteroatoms. The summed E-state index contributed by atoms with van der Waals surface area (Å²) in [5, 5.41) is 5.61. The van der Waals surface area contributed by atoms with Crippen molar-refractivity contribution in [2.24, 2.45) is 0 Å². The number of carbonyl (C=O) groups excluding carboxylic acids is 1. The number of carbonyl (C=O) groups is 1. The van der Waals surface area contributed by atoms with Crippen molar-refractivity contribution in [2.45, 2.75) is 13.0 Å². The summed E-state index contributed by atoms with van der Waals surface area (Å²) < 4.78 is 10.3. The summed E-state index contributed by atoms with van der Waals surface area (Å²) in [5.74, 6) is 0.516. The number of morpholine rings is 1. The molecule has 2 rings (SSSR count). The molecule has 21 heavy (non-hydrogen) atoms. The highest BCUT2D eigenvalue weighted by atomic mass is 16.5. The van der Waals surface area contributed by atoms with Crippen LogP contribution in [0.3, 0.4) is 0 Å². The largest absolute Gasteiger partial charge is 0.481 e. The normalized spacial score (nSPS) is 17.0. The fourth-order valence-electron chi connectivity index (χ4n) is 2.14. The number of urea groups is 1. The minimum atomic E-state index is -0.234. The van der Waals surface area contributed by atoms with Gasteiger partial charge in [-0.05, 0) is 13.0 Å². The minimum Gasteiger partial charge on any atom is -0.481 e. The van der Waals surface area contributed by atoms with Gasteiger partial charge in [-0.1, -0.05) is 0 Å². The molecule has 0 aliphatic carbocycles. The number of hydrogen-bond donors (Lipinski definition) is 2. The third-order valence-corrected chi connectivity index (χ3v) is 3.43. The molecule has 116 valence electrons. The van der Waals surface area contributed by atoms with E-state index < -0.39 is 0 Å². The van der Waals surface area contributed by atoms with Gasteiger partial charge in [0, 0.05) is 31.7 Å². The first-order chi connectivity index (χ1) is 10.2. The highest BCUT2D eigenvalue weighted by molar-refractivity contribution is 5.89. The van der Waals surface area contributed by atoms with E-state index in [0.29, 0.717) is 18.1 Å². The van der Waals surface area contributed by atoms with Gasteiger partial charge in [-0.3, -0.25) is 4.90 Å². The Labute approximate surface area is 124 Å². The van der Waals surface area contributed by atoms with Crippen molar-refractivity contribution in [3.63, 3.8) is 0 Å². The Morgan fingerprint density at radius 1 is 1.48 bits per heavy atom. The monoisotopic (exact) mass is 294 g/mol. The van der Waals surface area contributed by atoms with Gasteiger partial charge in [-0.25, -0.2) is 9.78 Å². The number of methoxy groups -OCH3 is 1. The molecule has 0 saturated carbocycles. The summed E-state index contributed by atoms with van der Waals surface area (Å²) in [4.78, 5) is 18.2. The Kier molecular flexibility index (Phi) is 5.77. The van der Waals surface area contributed by atoms with Crippen LogP contribution in [0.15, 0.2) is 18.3 Å². The summed E-state index contributed by atoms with van der Waals surface area (Å²) >= 11 is 0. The van der Waals surface area contributed by atoms with Crippen molar-refractivity contribution in [1.29, 1.82) is 0 Å². The van der Waals surface area contributed by atoms with E-state index >= 15 is 0 Å². The van der Waals surface area contributed by atoms with Crippen LogP contribution in [0.2, 0.25) is 0 Å². The van der Waals surface area contributed by atoms with E-state index in [1.807, 2.05) is 0 Å². The molecular formula is C14H22N4O3. The molecule has 1 saturated heterocycles. The predicted molar refractivity (Wildman–Crippen MR) is 79.7 cm³/mol. The van der Waals surface area contributed by atoms with Gasteiger partial charge in [0.1, 0.15) is 0 Å². The van der Waals surface area contributed by atoms with Crippen LogP contribution in [0.4, 0.5) is 10.5 Å². The minimum absolute atomic E-state index is 0.234. The molecule has 0 unspecified atom stereocenters. The lowest BCUT2D eigenvalue weighted by Crippen LogP contribution is -2.47. The maximum absolute atomic E-state index is 11.8. The maximum Gasteiger partial charge on any atom is 0.319 e. The highest BCUT2D eigenvalue weighted by Gasteiger charge is 2.17. The van der Waals surface area contributed by atoms with Crippen molar-refractivity contribution in [3.05, 3.63) is 18.3 Å². The summed E-state index contributed by atoms with van der Waals surface area (Å²) in [5.41, 5.74) is 0.632. The third kappa shape index (κ3) is 4.87. The Morgan fingerprint density at radius 2 is 2.24 bits per heavy atom.